The molecule has 0 aromatic carbocycles. The zero-order valence-corrected chi connectivity index (χ0v) is 12.8. The normalized spacial score (nSPS) is 12.4. The van der Waals surface area contributed by atoms with Gasteiger partial charge in [-0.15, -0.1) is 0 Å². The average Bonchev–Trinajstić information content (AvgIpc) is 2.88. The topological polar surface area (TPSA) is 78.0 Å². The summed E-state index contributed by atoms with van der Waals surface area (Å²) in [4.78, 5) is 4.24. The van der Waals surface area contributed by atoms with Gasteiger partial charge in [0.2, 0.25) is 0 Å². The van der Waals surface area contributed by atoms with Gasteiger partial charge >= 0.3 is 0 Å². The number of nitrogens with one attached hydrogen (secondary N) is 1. The Morgan fingerprint density at radius 1 is 1.33 bits per heavy atom. The standard InChI is InChI=1S/C15H23N5O/c1-4-6-21-13-7-11(9-17-10-13)15(18-16)14-8-12(5-2)19-20(14)3/h7-10,15,18H,4-6,16H2,1-3H3. The first kappa shape index (κ1) is 15.5. The molecule has 0 spiro atoms. The predicted octanol–water partition coefficient (Wildman–Crippen LogP) is 1.72. The van der Waals surface area contributed by atoms with Crippen molar-refractivity contribution in [3.8, 4) is 5.75 Å². The van der Waals surface area contributed by atoms with E-state index in [-0.39, 0.29) is 6.04 Å². The molecule has 0 bridgehead atoms. The molecule has 6 heteroatoms. The van der Waals surface area contributed by atoms with Gasteiger partial charge in [-0.05, 0) is 30.5 Å². The van der Waals surface area contributed by atoms with E-state index < -0.39 is 0 Å². The molecule has 0 aliphatic rings. The van der Waals surface area contributed by atoms with E-state index >= 15 is 0 Å². The summed E-state index contributed by atoms with van der Waals surface area (Å²) in [6.45, 7) is 4.83. The number of aromatic nitrogens is 3. The highest BCUT2D eigenvalue weighted by molar-refractivity contribution is 5.32. The second-order valence-corrected chi connectivity index (χ2v) is 4.94. The molecule has 2 rings (SSSR count). The summed E-state index contributed by atoms with van der Waals surface area (Å²) in [5.41, 5.74) is 5.84. The van der Waals surface area contributed by atoms with Crippen LogP contribution in [0.3, 0.4) is 0 Å². The Bertz CT molecular complexity index is 581. The lowest BCUT2D eigenvalue weighted by molar-refractivity contribution is 0.315. The molecule has 114 valence electrons. The van der Waals surface area contributed by atoms with Crippen molar-refractivity contribution in [3.05, 3.63) is 41.5 Å². The molecule has 3 N–H and O–H groups in total. The van der Waals surface area contributed by atoms with Gasteiger partial charge in [-0.3, -0.25) is 15.5 Å². The molecule has 0 aliphatic carbocycles. The smallest absolute Gasteiger partial charge is 0.137 e. The molecule has 2 aromatic rings. The number of nitrogens with zero attached hydrogens (tertiary/aromatic N) is 3. The molecule has 0 fully saturated rings. The van der Waals surface area contributed by atoms with Gasteiger partial charge < -0.3 is 4.74 Å². The first-order valence-electron chi connectivity index (χ1n) is 7.26. The molecular weight excluding hydrogens is 266 g/mol. The summed E-state index contributed by atoms with van der Waals surface area (Å²) in [7, 11) is 1.92. The fraction of sp³-hybridized carbons (Fsp3) is 0.467. The summed E-state index contributed by atoms with van der Waals surface area (Å²) in [6.07, 6.45) is 5.36. The summed E-state index contributed by atoms with van der Waals surface area (Å²) in [5.74, 6) is 6.50. The third-order valence-electron chi connectivity index (χ3n) is 3.33. The van der Waals surface area contributed by atoms with Crippen molar-refractivity contribution in [1.29, 1.82) is 0 Å². The highest BCUT2D eigenvalue weighted by atomic mass is 16.5. The monoisotopic (exact) mass is 289 g/mol. The fourth-order valence-corrected chi connectivity index (χ4v) is 2.23. The highest BCUT2D eigenvalue weighted by Gasteiger charge is 2.18. The minimum absolute atomic E-state index is 0.166. The van der Waals surface area contributed by atoms with Crippen LogP contribution in [0, 0.1) is 0 Å². The maximum atomic E-state index is 5.75. The zero-order chi connectivity index (χ0) is 15.2. The highest BCUT2D eigenvalue weighted by Crippen LogP contribution is 2.24. The quantitative estimate of drug-likeness (QED) is 0.599. The average molecular weight is 289 g/mol. The van der Waals surface area contributed by atoms with E-state index in [0.717, 1.165) is 35.5 Å². The van der Waals surface area contributed by atoms with E-state index in [1.807, 2.05) is 17.8 Å². The lowest BCUT2D eigenvalue weighted by Crippen LogP contribution is -2.30. The molecule has 2 heterocycles. The van der Waals surface area contributed by atoms with Crippen LogP contribution in [0.25, 0.3) is 0 Å². The van der Waals surface area contributed by atoms with Crippen LogP contribution in [0.2, 0.25) is 0 Å². The van der Waals surface area contributed by atoms with Crippen LogP contribution < -0.4 is 16.0 Å². The van der Waals surface area contributed by atoms with Crippen molar-refractivity contribution in [2.24, 2.45) is 12.9 Å². The molecule has 0 saturated carbocycles. The fourth-order valence-electron chi connectivity index (χ4n) is 2.23. The van der Waals surface area contributed by atoms with Crippen molar-refractivity contribution >= 4 is 0 Å². The summed E-state index contributed by atoms with van der Waals surface area (Å²) in [6, 6.07) is 3.86. The molecular formula is C15H23N5O. The third kappa shape index (κ3) is 3.59. The van der Waals surface area contributed by atoms with Crippen molar-refractivity contribution in [2.45, 2.75) is 32.7 Å². The molecule has 21 heavy (non-hydrogen) atoms. The SMILES string of the molecule is CCCOc1cncc(C(NN)c2cc(CC)nn2C)c1. The number of ether oxygens (including phenoxy) is 1. The van der Waals surface area contributed by atoms with Gasteiger partial charge in [0.1, 0.15) is 5.75 Å². The van der Waals surface area contributed by atoms with E-state index in [1.54, 1.807) is 12.4 Å². The van der Waals surface area contributed by atoms with Crippen molar-refractivity contribution in [3.63, 3.8) is 0 Å². The van der Waals surface area contributed by atoms with Gasteiger partial charge in [-0.25, -0.2) is 5.43 Å². The van der Waals surface area contributed by atoms with Gasteiger partial charge in [0, 0.05) is 13.2 Å². The third-order valence-corrected chi connectivity index (χ3v) is 3.33. The number of hydrazine groups is 1. The van der Waals surface area contributed by atoms with Crippen LogP contribution in [-0.2, 0) is 13.5 Å². The zero-order valence-electron chi connectivity index (χ0n) is 12.8. The van der Waals surface area contributed by atoms with Gasteiger partial charge in [0.15, 0.2) is 0 Å². The molecule has 2 aromatic heterocycles. The van der Waals surface area contributed by atoms with E-state index in [9.17, 15) is 0 Å². The number of rotatable bonds is 7. The molecule has 0 amide bonds. The Morgan fingerprint density at radius 3 is 2.76 bits per heavy atom. The Hall–Kier alpha value is -1.92. The van der Waals surface area contributed by atoms with E-state index in [2.05, 4.69) is 35.4 Å². The van der Waals surface area contributed by atoms with Gasteiger partial charge in [0.05, 0.1) is 30.2 Å². The first-order valence-corrected chi connectivity index (χ1v) is 7.26. The largest absolute Gasteiger partial charge is 0.492 e. The van der Waals surface area contributed by atoms with Gasteiger partial charge in [-0.1, -0.05) is 13.8 Å². The Kier molecular flexibility index (Phi) is 5.30. The second kappa shape index (κ2) is 7.19. The Labute approximate surface area is 125 Å². The number of aryl methyl sites for hydroxylation is 2. The minimum Gasteiger partial charge on any atom is -0.492 e. The van der Waals surface area contributed by atoms with E-state index in [0.29, 0.717) is 6.61 Å². The lowest BCUT2D eigenvalue weighted by Gasteiger charge is -2.17. The summed E-state index contributed by atoms with van der Waals surface area (Å²) < 4.78 is 7.48. The van der Waals surface area contributed by atoms with Crippen LogP contribution in [0.1, 0.15) is 43.3 Å². The van der Waals surface area contributed by atoms with Crippen molar-refractivity contribution in [1.82, 2.24) is 20.2 Å². The van der Waals surface area contributed by atoms with E-state index in [1.165, 1.54) is 0 Å². The first-order chi connectivity index (χ1) is 10.2. The van der Waals surface area contributed by atoms with Crippen molar-refractivity contribution in [2.75, 3.05) is 6.61 Å². The maximum absolute atomic E-state index is 5.75. The van der Waals surface area contributed by atoms with Crippen LogP contribution in [0.4, 0.5) is 0 Å². The van der Waals surface area contributed by atoms with E-state index in [4.69, 9.17) is 10.6 Å². The Balaban J connectivity index is 2.29. The molecule has 6 nitrogen and oxygen atoms in total. The number of nitrogens with two attached hydrogens (primary N) is 1. The van der Waals surface area contributed by atoms with Gasteiger partial charge in [0.25, 0.3) is 0 Å². The minimum atomic E-state index is -0.166. The maximum Gasteiger partial charge on any atom is 0.137 e. The van der Waals surface area contributed by atoms with Crippen LogP contribution >= 0.6 is 0 Å². The lowest BCUT2D eigenvalue weighted by atomic mass is 10.1. The number of hydrogen-bond donors (Lipinski definition) is 2. The number of hydrogen-bond acceptors (Lipinski definition) is 5. The predicted molar refractivity (Wildman–Crippen MR) is 81.8 cm³/mol. The molecule has 0 saturated heterocycles. The second-order valence-electron chi connectivity index (χ2n) is 4.94. The number of pyridine rings is 1. The summed E-state index contributed by atoms with van der Waals surface area (Å²) >= 11 is 0. The molecule has 0 aliphatic heterocycles. The Morgan fingerprint density at radius 2 is 2.14 bits per heavy atom. The van der Waals surface area contributed by atoms with Crippen LogP contribution in [0.15, 0.2) is 24.5 Å². The summed E-state index contributed by atoms with van der Waals surface area (Å²) in [5, 5.41) is 4.46. The molecule has 0 radical (unpaired) electrons. The van der Waals surface area contributed by atoms with Crippen molar-refractivity contribution < 1.29 is 4.74 Å². The molecule has 1 atom stereocenters. The van der Waals surface area contributed by atoms with Crippen LogP contribution in [-0.4, -0.2) is 21.4 Å². The molecule has 1 unspecified atom stereocenters. The van der Waals surface area contributed by atoms with Crippen LogP contribution in [0.5, 0.6) is 5.75 Å². The van der Waals surface area contributed by atoms with Gasteiger partial charge in [-0.2, -0.15) is 5.10 Å².